The Balaban J connectivity index is 1.87. The molecule has 0 radical (unpaired) electrons. The van der Waals surface area contributed by atoms with Crippen LogP contribution in [0.15, 0.2) is 53.5 Å². The van der Waals surface area contributed by atoms with E-state index in [9.17, 15) is 4.79 Å². The lowest BCUT2D eigenvalue weighted by molar-refractivity contribution is 0.0827. The molecule has 0 aliphatic carbocycles. The molecular weight excluding hydrogens is 348 g/mol. The van der Waals surface area contributed by atoms with Crippen LogP contribution in [-0.4, -0.2) is 37.9 Å². The van der Waals surface area contributed by atoms with Crippen molar-refractivity contribution in [3.63, 3.8) is 0 Å². The van der Waals surface area contributed by atoms with Gasteiger partial charge in [-0.1, -0.05) is 57.2 Å². The van der Waals surface area contributed by atoms with E-state index in [-0.39, 0.29) is 11.3 Å². The van der Waals surface area contributed by atoms with Crippen LogP contribution in [0.1, 0.15) is 47.8 Å². The molecule has 0 atom stereocenters. The summed E-state index contributed by atoms with van der Waals surface area (Å²) < 4.78 is 0. The number of hydrogen-bond acceptors (Lipinski definition) is 2. The topological polar surface area (TPSA) is 56.7 Å². The summed E-state index contributed by atoms with van der Waals surface area (Å²) in [4.78, 5) is 17.8. The fourth-order valence-corrected chi connectivity index (χ4v) is 2.74. The number of benzene rings is 2. The minimum absolute atomic E-state index is 0.00876. The maximum absolute atomic E-state index is 11.9. The zero-order valence-electron chi connectivity index (χ0n) is 17.8. The SMILES string of the molecule is CN=C(NCc1ccc(C(=O)N(C)C)cc1)NCc1ccc(C(C)(C)C)cc1. The molecule has 0 aliphatic heterocycles. The molecule has 2 rings (SSSR count). The predicted octanol–water partition coefficient (Wildman–Crippen LogP) is 3.55. The van der Waals surface area contributed by atoms with E-state index in [1.807, 2.05) is 24.3 Å². The lowest BCUT2D eigenvalue weighted by Crippen LogP contribution is -2.36. The fraction of sp³-hybridized carbons (Fsp3) is 0.391. The molecule has 0 bridgehead atoms. The van der Waals surface area contributed by atoms with Crippen molar-refractivity contribution in [2.75, 3.05) is 21.1 Å². The van der Waals surface area contributed by atoms with Crippen LogP contribution in [0.25, 0.3) is 0 Å². The highest BCUT2D eigenvalue weighted by Crippen LogP contribution is 2.22. The second kappa shape index (κ2) is 9.40. The third-order valence-electron chi connectivity index (χ3n) is 4.57. The summed E-state index contributed by atoms with van der Waals surface area (Å²) in [5.74, 6) is 0.753. The van der Waals surface area contributed by atoms with Gasteiger partial charge < -0.3 is 15.5 Å². The number of guanidine groups is 1. The number of aliphatic imine (C=N–C) groups is 1. The molecule has 150 valence electrons. The van der Waals surface area contributed by atoms with Crippen molar-refractivity contribution in [3.8, 4) is 0 Å². The maximum atomic E-state index is 11.9. The summed E-state index contributed by atoms with van der Waals surface area (Å²) in [6.07, 6.45) is 0. The second-order valence-electron chi connectivity index (χ2n) is 8.12. The number of hydrogen-bond donors (Lipinski definition) is 2. The summed E-state index contributed by atoms with van der Waals surface area (Å²) in [5.41, 5.74) is 4.48. The molecule has 0 spiro atoms. The second-order valence-corrected chi connectivity index (χ2v) is 8.12. The first-order valence-corrected chi connectivity index (χ1v) is 9.55. The lowest BCUT2D eigenvalue weighted by Gasteiger charge is -2.19. The van der Waals surface area contributed by atoms with Crippen LogP contribution in [-0.2, 0) is 18.5 Å². The number of rotatable bonds is 5. The molecule has 0 fully saturated rings. The van der Waals surface area contributed by atoms with Crippen LogP contribution in [0.4, 0.5) is 0 Å². The molecule has 1 amide bonds. The quantitative estimate of drug-likeness (QED) is 0.616. The Labute approximate surface area is 168 Å². The molecule has 5 heteroatoms. The van der Waals surface area contributed by atoms with Crippen molar-refractivity contribution in [2.24, 2.45) is 4.99 Å². The monoisotopic (exact) mass is 380 g/mol. The summed E-state index contributed by atoms with van der Waals surface area (Å²) in [5, 5.41) is 6.64. The molecule has 2 N–H and O–H groups in total. The maximum Gasteiger partial charge on any atom is 0.253 e. The number of nitrogens with zero attached hydrogens (tertiary/aromatic N) is 2. The van der Waals surface area contributed by atoms with E-state index in [1.165, 1.54) is 11.1 Å². The van der Waals surface area contributed by atoms with Crippen LogP contribution in [0.5, 0.6) is 0 Å². The van der Waals surface area contributed by atoms with E-state index >= 15 is 0 Å². The number of carbonyl (C=O) groups is 1. The van der Waals surface area contributed by atoms with Crippen LogP contribution < -0.4 is 10.6 Å². The first kappa shape index (κ1) is 21.5. The Morgan fingerprint density at radius 2 is 1.36 bits per heavy atom. The summed E-state index contributed by atoms with van der Waals surface area (Å²) in [6, 6.07) is 16.3. The van der Waals surface area contributed by atoms with E-state index < -0.39 is 0 Å². The average molecular weight is 381 g/mol. The molecule has 0 aliphatic rings. The van der Waals surface area contributed by atoms with Crippen molar-refractivity contribution in [1.29, 1.82) is 0 Å². The first-order valence-electron chi connectivity index (χ1n) is 9.55. The highest BCUT2D eigenvalue weighted by atomic mass is 16.2. The van der Waals surface area contributed by atoms with Crippen LogP contribution >= 0.6 is 0 Å². The Hall–Kier alpha value is -2.82. The summed E-state index contributed by atoms with van der Waals surface area (Å²) in [6.45, 7) is 8.00. The van der Waals surface area contributed by atoms with Gasteiger partial charge in [0.25, 0.3) is 5.91 Å². The third kappa shape index (κ3) is 6.12. The van der Waals surface area contributed by atoms with E-state index in [2.05, 4.69) is 60.7 Å². The number of nitrogens with one attached hydrogen (secondary N) is 2. The van der Waals surface area contributed by atoms with Crippen molar-refractivity contribution in [3.05, 3.63) is 70.8 Å². The van der Waals surface area contributed by atoms with Gasteiger partial charge in [-0.2, -0.15) is 0 Å². The normalized spacial score (nSPS) is 11.9. The van der Waals surface area contributed by atoms with Gasteiger partial charge in [-0.05, 0) is 34.2 Å². The smallest absolute Gasteiger partial charge is 0.253 e. The number of amides is 1. The summed E-state index contributed by atoms with van der Waals surface area (Å²) in [7, 11) is 5.27. The molecule has 0 heterocycles. The molecule has 0 saturated heterocycles. The van der Waals surface area contributed by atoms with Gasteiger partial charge in [0.2, 0.25) is 0 Å². The van der Waals surface area contributed by atoms with Crippen LogP contribution in [0.2, 0.25) is 0 Å². The third-order valence-corrected chi connectivity index (χ3v) is 4.57. The van der Waals surface area contributed by atoms with Gasteiger partial charge in [-0.15, -0.1) is 0 Å². The van der Waals surface area contributed by atoms with Gasteiger partial charge >= 0.3 is 0 Å². The van der Waals surface area contributed by atoms with E-state index in [0.29, 0.717) is 18.7 Å². The Morgan fingerprint density at radius 3 is 1.75 bits per heavy atom. The molecule has 28 heavy (non-hydrogen) atoms. The van der Waals surface area contributed by atoms with Crippen LogP contribution in [0, 0.1) is 0 Å². The van der Waals surface area contributed by atoms with E-state index in [4.69, 9.17) is 0 Å². The zero-order valence-corrected chi connectivity index (χ0v) is 17.8. The predicted molar refractivity (Wildman–Crippen MR) is 117 cm³/mol. The molecular formula is C23H32N4O. The molecule has 2 aromatic carbocycles. The molecule has 2 aromatic rings. The first-order chi connectivity index (χ1) is 13.2. The van der Waals surface area contributed by atoms with E-state index in [0.717, 1.165) is 11.5 Å². The van der Waals surface area contributed by atoms with Gasteiger partial charge in [0, 0.05) is 39.8 Å². The number of carbonyl (C=O) groups excluding carboxylic acids is 1. The van der Waals surface area contributed by atoms with Gasteiger partial charge in [0.15, 0.2) is 5.96 Å². The lowest BCUT2D eigenvalue weighted by atomic mass is 9.87. The Morgan fingerprint density at radius 1 is 0.893 bits per heavy atom. The van der Waals surface area contributed by atoms with Gasteiger partial charge in [0.05, 0.1) is 0 Å². The molecule has 0 aromatic heterocycles. The molecule has 5 nitrogen and oxygen atoms in total. The van der Waals surface area contributed by atoms with Crippen LogP contribution in [0.3, 0.4) is 0 Å². The van der Waals surface area contributed by atoms with Crippen molar-refractivity contribution in [1.82, 2.24) is 15.5 Å². The molecule has 0 saturated carbocycles. The van der Waals surface area contributed by atoms with E-state index in [1.54, 1.807) is 26.0 Å². The van der Waals surface area contributed by atoms with Crippen molar-refractivity contribution in [2.45, 2.75) is 39.3 Å². The Kier molecular flexibility index (Phi) is 7.21. The Bertz CT molecular complexity index is 800. The summed E-state index contributed by atoms with van der Waals surface area (Å²) >= 11 is 0. The minimum Gasteiger partial charge on any atom is -0.352 e. The van der Waals surface area contributed by atoms with Gasteiger partial charge in [-0.3, -0.25) is 9.79 Å². The molecule has 0 unspecified atom stereocenters. The van der Waals surface area contributed by atoms with Crippen molar-refractivity contribution >= 4 is 11.9 Å². The average Bonchev–Trinajstić information content (AvgIpc) is 2.67. The highest BCUT2D eigenvalue weighted by Gasteiger charge is 2.12. The zero-order chi connectivity index (χ0) is 20.7. The largest absolute Gasteiger partial charge is 0.352 e. The van der Waals surface area contributed by atoms with Gasteiger partial charge in [0.1, 0.15) is 0 Å². The standard InChI is InChI=1S/C23H32N4O/c1-23(2,3)20-13-9-18(10-14-20)16-26-22(24-4)25-15-17-7-11-19(12-8-17)21(28)27(5)6/h7-14H,15-16H2,1-6H3,(H2,24,25,26). The van der Waals surface area contributed by atoms with Crippen molar-refractivity contribution < 1.29 is 4.79 Å². The highest BCUT2D eigenvalue weighted by molar-refractivity contribution is 5.93. The fourth-order valence-electron chi connectivity index (χ4n) is 2.74. The van der Waals surface area contributed by atoms with Gasteiger partial charge in [-0.25, -0.2) is 0 Å². The minimum atomic E-state index is 0.00876.